The second-order valence-corrected chi connectivity index (χ2v) is 9.62. The van der Waals surface area contributed by atoms with Gasteiger partial charge in [0, 0.05) is 29.5 Å². The fourth-order valence-corrected chi connectivity index (χ4v) is 5.35. The Hall–Kier alpha value is -3.77. The number of aliphatic hydroxyl groups is 3. The van der Waals surface area contributed by atoms with E-state index in [4.69, 9.17) is 11.5 Å². The highest BCUT2D eigenvalue weighted by Crippen LogP contribution is 2.53. The number of anilines is 1. The summed E-state index contributed by atoms with van der Waals surface area (Å²) < 4.78 is 15.1. The van der Waals surface area contributed by atoms with E-state index in [9.17, 15) is 39.6 Å². The average Bonchev–Trinajstić information content (AvgIpc) is 3.52. The average molecular weight is 487 g/mol. The van der Waals surface area contributed by atoms with Crippen LogP contribution in [0.3, 0.4) is 0 Å². The third kappa shape index (κ3) is 3.03. The van der Waals surface area contributed by atoms with Crippen molar-refractivity contribution in [2.45, 2.75) is 43.2 Å². The number of phenolic OH excluding ortho intramolecular Hbond substituents is 1. The van der Waals surface area contributed by atoms with Gasteiger partial charge in [0.1, 0.15) is 22.9 Å². The van der Waals surface area contributed by atoms with Crippen molar-refractivity contribution in [3.63, 3.8) is 0 Å². The summed E-state index contributed by atoms with van der Waals surface area (Å²) in [4.78, 5) is 49.7. The molecule has 0 radical (unpaired) electrons. The highest BCUT2D eigenvalue weighted by molar-refractivity contribution is 6.22. The molecule has 1 aromatic rings. The Morgan fingerprint density at radius 1 is 1.14 bits per heavy atom. The number of aromatic hydroxyl groups is 1. The maximum absolute atomic E-state index is 15.1. The summed E-state index contributed by atoms with van der Waals surface area (Å²) in [7, 11) is 0. The summed E-state index contributed by atoms with van der Waals surface area (Å²) in [5.41, 5.74) is 4.87. The van der Waals surface area contributed by atoms with Crippen molar-refractivity contribution in [3.8, 4) is 5.75 Å². The fourth-order valence-electron chi connectivity index (χ4n) is 5.35. The van der Waals surface area contributed by atoms with Crippen LogP contribution in [0, 0.1) is 17.7 Å². The molecule has 2 amide bonds. The van der Waals surface area contributed by atoms with Crippen LogP contribution in [0.2, 0.25) is 0 Å². The molecule has 4 aliphatic carbocycles. The summed E-state index contributed by atoms with van der Waals surface area (Å²) >= 11 is 0. The number of aliphatic hydroxyl groups excluding tert-OH is 2. The van der Waals surface area contributed by atoms with Gasteiger partial charge in [0.25, 0.3) is 5.91 Å². The van der Waals surface area contributed by atoms with E-state index < -0.39 is 92.6 Å². The summed E-state index contributed by atoms with van der Waals surface area (Å²) in [6, 6.07) is 0.884. The Morgan fingerprint density at radius 3 is 2.40 bits per heavy atom. The highest BCUT2D eigenvalue weighted by atomic mass is 19.1. The molecule has 2 saturated carbocycles. The predicted molar refractivity (Wildman–Crippen MR) is 116 cm³/mol. The van der Waals surface area contributed by atoms with E-state index in [0.717, 1.165) is 6.07 Å². The number of benzene rings is 1. The molecule has 35 heavy (non-hydrogen) atoms. The number of carbonyl (C=O) groups excluding carboxylic acids is 4. The van der Waals surface area contributed by atoms with Crippen LogP contribution in [-0.4, -0.2) is 54.9 Å². The van der Waals surface area contributed by atoms with Gasteiger partial charge in [0.05, 0.1) is 16.8 Å². The first kappa shape index (κ1) is 23.0. The number of nitrogens with one attached hydrogen (secondary N) is 1. The summed E-state index contributed by atoms with van der Waals surface area (Å²) in [6.07, 6.45) is 0.0533. The van der Waals surface area contributed by atoms with Crippen molar-refractivity contribution in [1.29, 1.82) is 0 Å². The predicted octanol–water partition coefficient (Wildman–Crippen LogP) is -0.00720. The van der Waals surface area contributed by atoms with Crippen LogP contribution in [-0.2, 0) is 25.6 Å². The van der Waals surface area contributed by atoms with Gasteiger partial charge < -0.3 is 37.2 Å². The van der Waals surface area contributed by atoms with Gasteiger partial charge in [-0.15, -0.1) is 0 Å². The molecule has 9 N–H and O–H groups in total. The molecule has 2 fully saturated rings. The van der Waals surface area contributed by atoms with Crippen LogP contribution in [0.5, 0.6) is 5.75 Å². The van der Waals surface area contributed by atoms with E-state index in [-0.39, 0.29) is 24.1 Å². The largest absolute Gasteiger partial charge is 0.508 e. The van der Waals surface area contributed by atoms with Crippen LogP contribution in [0.1, 0.15) is 36.8 Å². The van der Waals surface area contributed by atoms with Gasteiger partial charge in [-0.2, -0.15) is 0 Å². The number of hydrogen-bond acceptors (Lipinski definition) is 9. The first-order valence-electron chi connectivity index (χ1n) is 10.9. The number of fused-ring (bicyclic) bond motifs is 3. The van der Waals surface area contributed by atoms with E-state index in [0.29, 0.717) is 12.8 Å². The van der Waals surface area contributed by atoms with Gasteiger partial charge in [-0.25, -0.2) is 4.39 Å². The summed E-state index contributed by atoms with van der Waals surface area (Å²) in [6.45, 7) is 0. The molecular formula is C23H22FN3O8. The minimum Gasteiger partial charge on any atom is -0.508 e. The van der Waals surface area contributed by atoms with Gasteiger partial charge >= 0.3 is 0 Å². The van der Waals surface area contributed by atoms with Crippen molar-refractivity contribution in [2.24, 2.45) is 23.3 Å². The topological polar surface area (TPSA) is 213 Å². The lowest BCUT2D eigenvalue weighted by Crippen LogP contribution is -2.58. The molecular weight excluding hydrogens is 465 g/mol. The zero-order valence-electron chi connectivity index (χ0n) is 18.2. The maximum Gasteiger partial charge on any atom is 0.255 e. The third-order valence-corrected chi connectivity index (χ3v) is 7.50. The van der Waals surface area contributed by atoms with E-state index in [1.54, 1.807) is 0 Å². The molecule has 12 heteroatoms. The number of hydrogen-bond donors (Lipinski definition) is 7. The van der Waals surface area contributed by atoms with Crippen molar-refractivity contribution in [1.82, 2.24) is 0 Å². The molecule has 0 bridgehead atoms. The number of amides is 2. The van der Waals surface area contributed by atoms with Crippen LogP contribution >= 0.6 is 0 Å². The standard InChI is InChI=1S/C23H22FN3O8/c24-10-6-11(27-21(34)22(26)1-2-22)16(29)14-9(10)4-7-3-8-5-12(28)15(20(25)33)19(32)23(8,35)18(31)13(7)17(14)30/h6-8,29-30,32,35H,1-5,26H2,(H2,25,33)(H,27,34)/t7?,8-,23-/m0/s1. The molecule has 0 saturated heterocycles. The number of halogens is 1. The quantitative estimate of drug-likeness (QED) is 0.225. The lowest BCUT2D eigenvalue weighted by atomic mass is 9.59. The Morgan fingerprint density at radius 2 is 1.80 bits per heavy atom. The Kier molecular flexibility index (Phi) is 4.68. The SMILES string of the molecule is NC(=O)C1=C(O)[C@@]2(O)C(=O)C3=C(O)c4c(O)c(NC(=O)C5(N)CC5)cc(F)c4CC3C[C@H]2CC1=O. The first-order chi connectivity index (χ1) is 16.3. The molecule has 0 heterocycles. The van der Waals surface area contributed by atoms with Crippen molar-refractivity contribution < 1.29 is 44.0 Å². The second kappa shape index (κ2) is 7.12. The molecule has 4 aliphatic rings. The number of ketones is 2. The Labute approximate surface area is 196 Å². The zero-order chi connectivity index (χ0) is 25.6. The number of primary amides is 1. The normalized spacial score (nSPS) is 28.8. The molecule has 11 nitrogen and oxygen atoms in total. The van der Waals surface area contributed by atoms with Crippen LogP contribution < -0.4 is 16.8 Å². The van der Waals surface area contributed by atoms with Crippen molar-refractivity contribution in [3.05, 3.63) is 39.9 Å². The maximum atomic E-state index is 15.1. The fraction of sp³-hybridized carbons (Fsp3) is 0.391. The summed E-state index contributed by atoms with van der Waals surface area (Å²) in [5, 5.41) is 45.9. The molecule has 0 spiro atoms. The number of Topliss-reactive ketones (excluding diaryl/α,β-unsaturated/α-hetero) is 2. The van der Waals surface area contributed by atoms with Gasteiger partial charge in [-0.3, -0.25) is 19.2 Å². The molecule has 0 aliphatic heterocycles. The Bertz CT molecular complexity index is 1330. The number of phenols is 1. The number of rotatable bonds is 3. The Balaban J connectivity index is 1.64. The van der Waals surface area contributed by atoms with Gasteiger partial charge in [0.15, 0.2) is 17.1 Å². The molecule has 184 valence electrons. The van der Waals surface area contributed by atoms with E-state index in [1.807, 2.05) is 0 Å². The highest BCUT2D eigenvalue weighted by Gasteiger charge is 2.60. The number of nitrogens with two attached hydrogens (primary N) is 2. The smallest absolute Gasteiger partial charge is 0.255 e. The minimum atomic E-state index is -2.71. The van der Waals surface area contributed by atoms with E-state index in [2.05, 4.69) is 5.32 Å². The van der Waals surface area contributed by atoms with Crippen LogP contribution in [0.4, 0.5) is 10.1 Å². The first-order valence-corrected chi connectivity index (χ1v) is 10.9. The van der Waals surface area contributed by atoms with Gasteiger partial charge in [-0.05, 0) is 31.6 Å². The molecule has 1 unspecified atom stereocenters. The monoisotopic (exact) mass is 487 g/mol. The van der Waals surface area contributed by atoms with Gasteiger partial charge in [-0.1, -0.05) is 0 Å². The third-order valence-electron chi connectivity index (χ3n) is 7.50. The van der Waals surface area contributed by atoms with Crippen molar-refractivity contribution in [2.75, 3.05) is 5.32 Å². The summed E-state index contributed by atoms with van der Waals surface area (Å²) in [5.74, 6) is -9.65. The van der Waals surface area contributed by atoms with E-state index >= 15 is 4.39 Å². The molecule has 0 aromatic heterocycles. The zero-order valence-corrected chi connectivity index (χ0v) is 18.2. The van der Waals surface area contributed by atoms with Crippen LogP contribution in [0.25, 0.3) is 5.76 Å². The van der Waals surface area contributed by atoms with Crippen molar-refractivity contribution >= 4 is 34.8 Å². The molecule has 3 atom stereocenters. The molecule has 1 aromatic carbocycles. The lowest BCUT2D eigenvalue weighted by Gasteiger charge is -2.46. The van der Waals surface area contributed by atoms with Crippen LogP contribution in [0.15, 0.2) is 23.0 Å². The van der Waals surface area contributed by atoms with E-state index in [1.165, 1.54) is 0 Å². The second-order valence-electron chi connectivity index (χ2n) is 9.62. The molecule has 5 rings (SSSR count). The van der Waals surface area contributed by atoms with Gasteiger partial charge in [0.2, 0.25) is 11.7 Å². The lowest BCUT2D eigenvalue weighted by molar-refractivity contribution is -0.147. The minimum absolute atomic E-state index is 0.114. The number of carbonyl (C=O) groups is 4.